The van der Waals surface area contributed by atoms with Gasteiger partial charge in [0.1, 0.15) is 5.75 Å². The molecule has 0 bridgehead atoms. The van der Waals surface area contributed by atoms with Crippen LogP contribution in [0.1, 0.15) is 17.5 Å². The highest BCUT2D eigenvalue weighted by Crippen LogP contribution is 2.40. The van der Waals surface area contributed by atoms with E-state index in [2.05, 4.69) is 15.6 Å². The van der Waals surface area contributed by atoms with Crippen LogP contribution in [0, 0.1) is 18.8 Å². The summed E-state index contributed by atoms with van der Waals surface area (Å²) in [6.07, 6.45) is 3.90. The molecule has 1 aliphatic rings. The molecule has 1 aromatic carbocycles. The standard InChI is InChI=1S/C19H20ClN3O3/c1-11-7-16(17(26-2)9-15(11)20)23-19(25)14-8-13(14)18(24)22-10-12-3-5-21-6-4-12/h3-7,9,13-14H,8,10H2,1-2H3,(H,22,24)(H,23,25). The normalized spacial score (nSPS) is 18.1. The number of hydrogen-bond donors (Lipinski definition) is 2. The van der Waals surface area contributed by atoms with Crippen LogP contribution in [-0.2, 0) is 16.1 Å². The molecule has 26 heavy (non-hydrogen) atoms. The van der Waals surface area contributed by atoms with Crippen molar-refractivity contribution in [3.05, 3.63) is 52.8 Å². The minimum atomic E-state index is -0.326. The fourth-order valence-electron chi connectivity index (χ4n) is 2.75. The number of nitrogens with one attached hydrogen (secondary N) is 2. The van der Waals surface area contributed by atoms with Crippen molar-refractivity contribution in [1.29, 1.82) is 0 Å². The number of aromatic nitrogens is 1. The van der Waals surface area contributed by atoms with E-state index in [1.165, 1.54) is 7.11 Å². The molecule has 1 aromatic heterocycles. The van der Waals surface area contributed by atoms with Gasteiger partial charge >= 0.3 is 0 Å². The fraction of sp³-hybridized carbons (Fsp3) is 0.316. The second-order valence-corrected chi connectivity index (χ2v) is 6.72. The van der Waals surface area contributed by atoms with Gasteiger partial charge < -0.3 is 15.4 Å². The highest BCUT2D eigenvalue weighted by molar-refractivity contribution is 6.31. The molecule has 1 aliphatic carbocycles. The molecule has 1 fully saturated rings. The van der Waals surface area contributed by atoms with Gasteiger partial charge in [-0.25, -0.2) is 0 Å². The zero-order valence-corrected chi connectivity index (χ0v) is 15.3. The maximum Gasteiger partial charge on any atom is 0.228 e. The van der Waals surface area contributed by atoms with Crippen LogP contribution < -0.4 is 15.4 Å². The SMILES string of the molecule is COc1cc(Cl)c(C)cc1NC(=O)C1CC1C(=O)NCc1ccncc1. The zero-order valence-electron chi connectivity index (χ0n) is 14.6. The van der Waals surface area contributed by atoms with Gasteiger partial charge in [0.2, 0.25) is 11.8 Å². The number of halogens is 1. The second-order valence-electron chi connectivity index (χ2n) is 6.31. The van der Waals surface area contributed by atoms with Crippen molar-refractivity contribution in [2.45, 2.75) is 19.9 Å². The van der Waals surface area contributed by atoms with Crippen molar-refractivity contribution in [3.8, 4) is 5.75 Å². The Kier molecular flexibility index (Phi) is 5.42. The third kappa shape index (κ3) is 4.14. The van der Waals surface area contributed by atoms with Gasteiger partial charge in [0.25, 0.3) is 0 Å². The summed E-state index contributed by atoms with van der Waals surface area (Å²) in [5.74, 6) is -0.423. The number of aryl methyl sites for hydroxylation is 1. The summed E-state index contributed by atoms with van der Waals surface area (Å²) in [4.78, 5) is 28.6. The molecule has 0 radical (unpaired) electrons. The molecule has 2 aromatic rings. The molecule has 6 nitrogen and oxygen atoms in total. The van der Waals surface area contributed by atoms with Crippen LogP contribution in [0.15, 0.2) is 36.7 Å². The Balaban J connectivity index is 1.56. The quantitative estimate of drug-likeness (QED) is 0.815. The summed E-state index contributed by atoms with van der Waals surface area (Å²) >= 11 is 6.08. The van der Waals surface area contributed by atoms with Crippen LogP contribution in [0.5, 0.6) is 5.75 Å². The van der Waals surface area contributed by atoms with E-state index >= 15 is 0 Å². The van der Waals surface area contributed by atoms with Crippen molar-refractivity contribution in [2.24, 2.45) is 11.8 Å². The molecular weight excluding hydrogens is 354 g/mol. The summed E-state index contributed by atoms with van der Waals surface area (Å²) in [6, 6.07) is 7.11. The average molecular weight is 374 g/mol. The van der Waals surface area contributed by atoms with Crippen LogP contribution in [0.4, 0.5) is 5.69 Å². The van der Waals surface area contributed by atoms with Crippen molar-refractivity contribution in [3.63, 3.8) is 0 Å². The van der Waals surface area contributed by atoms with Gasteiger partial charge in [0, 0.05) is 30.0 Å². The Morgan fingerprint density at radius 2 is 1.92 bits per heavy atom. The van der Waals surface area contributed by atoms with E-state index in [1.54, 1.807) is 24.5 Å². The van der Waals surface area contributed by atoms with Gasteiger partial charge in [0.05, 0.1) is 24.6 Å². The number of carbonyl (C=O) groups excluding carboxylic acids is 2. The highest BCUT2D eigenvalue weighted by Gasteiger charge is 2.48. The summed E-state index contributed by atoms with van der Waals surface area (Å²) in [5.41, 5.74) is 2.36. The number of ether oxygens (including phenoxy) is 1. The number of anilines is 1. The van der Waals surface area contributed by atoms with Gasteiger partial charge in [-0.05, 0) is 42.7 Å². The van der Waals surface area contributed by atoms with E-state index in [-0.39, 0.29) is 23.7 Å². The highest BCUT2D eigenvalue weighted by atomic mass is 35.5. The van der Waals surface area contributed by atoms with Gasteiger partial charge in [-0.2, -0.15) is 0 Å². The van der Waals surface area contributed by atoms with Crippen LogP contribution >= 0.6 is 11.6 Å². The Morgan fingerprint density at radius 3 is 2.62 bits per heavy atom. The number of methoxy groups -OCH3 is 1. The number of rotatable bonds is 6. The zero-order chi connectivity index (χ0) is 18.7. The van der Waals surface area contributed by atoms with E-state index in [0.29, 0.717) is 29.4 Å². The minimum Gasteiger partial charge on any atom is -0.495 e. The Hall–Kier alpha value is -2.60. The molecular formula is C19H20ClN3O3. The molecule has 0 saturated heterocycles. The molecule has 7 heteroatoms. The van der Waals surface area contributed by atoms with Gasteiger partial charge in [-0.3, -0.25) is 14.6 Å². The first-order valence-corrected chi connectivity index (χ1v) is 8.69. The Morgan fingerprint density at radius 1 is 1.23 bits per heavy atom. The summed E-state index contributed by atoms with van der Waals surface area (Å²) in [5, 5.41) is 6.27. The molecule has 2 unspecified atom stereocenters. The molecule has 1 saturated carbocycles. The lowest BCUT2D eigenvalue weighted by molar-refractivity contribution is -0.125. The monoisotopic (exact) mass is 373 g/mol. The van der Waals surface area contributed by atoms with Crippen LogP contribution in [-0.4, -0.2) is 23.9 Å². The first kappa shape index (κ1) is 18.2. The van der Waals surface area contributed by atoms with Crippen molar-refractivity contribution in [2.75, 3.05) is 12.4 Å². The predicted octanol–water partition coefficient (Wildman–Crippen LogP) is 2.94. The lowest BCUT2D eigenvalue weighted by Gasteiger charge is -2.12. The van der Waals surface area contributed by atoms with E-state index in [9.17, 15) is 9.59 Å². The molecule has 0 spiro atoms. The van der Waals surface area contributed by atoms with Crippen LogP contribution in [0.2, 0.25) is 5.02 Å². The first-order chi connectivity index (χ1) is 12.5. The second kappa shape index (κ2) is 7.74. The average Bonchev–Trinajstić information content (AvgIpc) is 3.44. The van der Waals surface area contributed by atoms with Crippen molar-refractivity contribution in [1.82, 2.24) is 10.3 Å². The maximum atomic E-state index is 12.4. The fourth-order valence-corrected chi connectivity index (χ4v) is 2.90. The Labute approximate surface area is 156 Å². The van der Waals surface area contributed by atoms with Gasteiger partial charge in [0.15, 0.2) is 0 Å². The van der Waals surface area contributed by atoms with E-state index in [1.807, 2.05) is 19.1 Å². The molecule has 2 amide bonds. The summed E-state index contributed by atoms with van der Waals surface area (Å²) in [7, 11) is 1.52. The Bertz CT molecular complexity index is 826. The third-order valence-electron chi connectivity index (χ3n) is 4.42. The maximum absolute atomic E-state index is 12.4. The number of amides is 2. The van der Waals surface area contributed by atoms with E-state index in [0.717, 1.165) is 11.1 Å². The number of nitrogens with zero attached hydrogens (tertiary/aromatic N) is 1. The molecule has 2 atom stereocenters. The molecule has 136 valence electrons. The summed E-state index contributed by atoms with van der Waals surface area (Å²) in [6.45, 7) is 2.28. The predicted molar refractivity (Wildman–Crippen MR) is 99.1 cm³/mol. The van der Waals surface area contributed by atoms with E-state index < -0.39 is 0 Å². The molecule has 3 rings (SSSR count). The number of hydrogen-bond acceptors (Lipinski definition) is 4. The van der Waals surface area contributed by atoms with Gasteiger partial charge in [-0.1, -0.05) is 11.6 Å². The first-order valence-electron chi connectivity index (χ1n) is 8.31. The lowest BCUT2D eigenvalue weighted by atomic mass is 10.2. The van der Waals surface area contributed by atoms with E-state index in [4.69, 9.17) is 16.3 Å². The smallest absolute Gasteiger partial charge is 0.228 e. The topological polar surface area (TPSA) is 80.3 Å². The molecule has 0 aliphatic heterocycles. The summed E-state index contributed by atoms with van der Waals surface area (Å²) < 4.78 is 5.26. The lowest BCUT2D eigenvalue weighted by Crippen LogP contribution is -2.27. The molecule has 2 N–H and O–H groups in total. The third-order valence-corrected chi connectivity index (χ3v) is 4.83. The largest absolute Gasteiger partial charge is 0.495 e. The minimum absolute atomic E-state index is 0.110. The van der Waals surface area contributed by atoms with Crippen molar-refractivity contribution >= 4 is 29.1 Å². The number of carbonyl (C=O) groups is 2. The van der Waals surface area contributed by atoms with Gasteiger partial charge in [-0.15, -0.1) is 0 Å². The van der Waals surface area contributed by atoms with Crippen molar-refractivity contribution < 1.29 is 14.3 Å². The number of benzene rings is 1. The molecule has 1 heterocycles. The number of pyridine rings is 1. The van der Waals surface area contributed by atoms with Crippen LogP contribution in [0.3, 0.4) is 0 Å². The van der Waals surface area contributed by atoms with Crippen LogP contribution in [0.25, 0.3) is 0 Å².